The first-order valence-corrected chi connectivity index (χ1v) is 9.31. The van der Waals surface area contributed by atoms with E-state index < -0.39 is 12.1 Å². The summed E-state index contributed by atoms with van der Waals surface area (Å²) in [5.74, 6) is 0.337. The quantitative estimate of drug-likeness (QED) is 0.613. The normalized spacial score (nSPS) is 11.5. The monoisotopic (exact) mass is 393 g/mol. The van der Waals surface area contributed by atoms with Gasteiger partial charge in [0.15, 0.2) is 0 Å². The third kappa shape index (κ3) is 6.49. The van der Waals surface area contributed by atoms with Gasteiger partial charge in [-0.3, -0.25) is 4.79 Å². The van der Waals surface area contributed by atoms with E-state index in [1.807, 2.05) is 60.7 Å². The predicted molar refractivity (Wildman–Crippen MR) is 107 cm³/mol. The number of amides is 2. The lowest BCUT2D eigenvalue weighted by Crippen LogP contribution is -2.48. The van der Waals surface area contributed by atoms with Crippen LogP contribution in [0, 0.1) is 6.92 Å². The number of hydrogen-bond acceptors (Lipinski definition) is 5. The first kappa shape index (κ1) is 20.1. The molecular weight excluding hydrogens is 370 g/mol. The summed E-state index contributed by atoms with van der Waals surface area (Å²) in [7, 11) is 0. The molecule has 0 saturated carbocycles. The van der Waals surface area contributed by atoms with Crippen molar-refractivity contribution in [2.24, 2.45) is 0 Å². The second-order valence-electron chi connectivity index (χ2n) is 6.60. The lowest BCUT2D eigenvalue weighted by atomic mass is 10.1. The molecule has 29 heavy (non-hydrogen) atoms. The number of aromatic nitrogens is 1. The molecule has 3 aromatic rings. The third-order valence-corrected chi connectivity index (χ3v) is 4.22. The maximum atomic E-state index is 12.7. The SMILES string of the molecule is Cc1cc(CNC(=O)[C@H](Cc2ccccc2)NC(=O)OCc2ccccc2)no1. The molecule has 2 aromatic carbocycles. The van der Waals surface area contributed by atoms with Gasteiger partial charge in [0.25, 0.3) is 0 Å². The van der Waals surface area contributed by atoms with Crippen LogP contribution in [-0.4, -0.2) is 23.2 Å². The van der Waals surface area contributed by atoms with Crippen LogP contribution in [0.15, 0.2) is 71.3 Å². The molecule has 150 valence electrons. The highest BCUT2D eigenvalue weighted by Gasteiger charge is 2.22. The van der Waals surface area contributed by atoms with Gasteiger partial charge in [0.05, 0.1) is 6.54 Å². The number of nitrogens with one attached hydrogen (secondary N) is 2. The maximum absolute atomic E-state index is 12.7. The van der Waals surface area contributed by atoms with Crippen LogP contribution in [0.2, 0.25) is 0 Å². The second-order valence-corrected chi connectivity index (χ2v) is 6.60. The van der Waals surface area contributed by atoms with Crippen LogP contribution in [0.4, 0.5) is 4.79 Å². The maximum Gasteiger partial charge on any atom is 0.408 e. The summed E-state index contributed by atoms with van der Waals surface area (Å²) >= 11 is 0. The number of hydrogen-bond donors (Lipinski definition) is 2. The van der Waals surface area contributed by atoms with Crippen LogP contribution in [0.3, 0.4) is 0 Å². The largest absolute Gasteiger partial charge is 0.445 e. The lowest BCUT2D eigenvalue weighted by molar-refractivity contribution is -0.123. The van der Waals surface area contributed by atoms with Crippen LogP contribution >= 0.6 is 0 Å². The Morgan fingerprint density at radius 1 is 1.03 bits per heavy atom. The Bertz CT molecular complexity index is 926. The van der Waals surface area contributed by atoms with Crippen molar-refractivity contribution in [3.05, 3.63) is 89.3 Å². The molecule has 3 rings (SSSR count). The number of alkyl carbamates (subject to hydrolysis) is 1. The molecule has 0 unspecified atom stereocenters. The molecule has 0 aliphatic carbocycles. The molecule has 1 atom stereocenters. The van der Waals surface area contributed by atoms with Gasteiger partial charge in [-0.05, 0) is 18.1 Å². The Morgan fingerprint density at radius 2 is 1.69 bits per heavy atom. The van der Waals surface area contributed by atoms with Gasteiger partial charge in [0, 0.05) is 12.5 Å². The number of benzene rings is 2. The van der Waals surface area contributed by atoms with Gasteiger partial charge in [0.2, 0.25) is 5.91 Å². The summed E-state index contributed by atoms with van der Waals surface area (Å²) in [6.07, 6.45) is -0.312. The number of rotatable bonds is 8. The molecule has 2 amide bonds. The predicted octanol–water partition coefficient (Wildman–Crippen LogP) is 3.14. The van der Waals surface area contributed by atoms with Gasteiger partial charge < -0.3 is 19.9 Å². The average Bonchev–Trinajstić information content (AvgIpc) is 3.17. The molecule has 7 heteroatoms. The molecule has 7 nitrogen and oxygen atoms in total. The fraction of sp³-hybridized carbons (Fsp3) is 0.227. The third-order valence-electron chi connectivity index (χ3n) is 4.22. The molecule has 0 radical (unpaired) electrons. The summed E-state index contributed by atoms with van der Waals surface area (Å²) in [4.78, 5) is 25.0. The van der Waals surface area contributed by atoms with Crippen LogP contribution in [0.25, 0.3) is 0 Å². The van der Waals surface area contributed by atoms with E-state index >= 15 is 0 Å². The van der Waals surface area contributed by atoms with Gasteiger partial charge in [-0.1, -0.05) is 65.8 Å². The zero-order valence-corrected chi connectivity index (χ0v) is 16.1. The zero-order valence-electron chi connectivity index (χ0n) is 16.1. The van der Waals surface area contributed by atoms with E-state index in [9.17, 15) is 9.59 Å². The van der Waals surface area contributed by atoms with Crippen LogP contribution in [-0.2, 0) is 29.1 Å². The van der Waals surface area contributed by atoms with Crippen LogP contribution < -0.4 is 10.6 Å². The molecule has 0 aliphatic rings. The van der Waals surface area contributed by atoms with Crippen molar-refractivity contribution in [2.45, 2.75) is 32.5 Å². The van der Waals surface area contributed by atoms with Crippen LogP contribution in [0.1, 0.15) is 22.6 Å². The highest BCUT2D eigenvalue weighted by atomic mass is 16.5. The molecule has 1 aromatic heterocycles. The van der Waals surface area contributed by atoms with Gasteiger partial charge in [-0.15, -0.1) is 0 Å². The number of carbonyl (C=O) groups is 2. The second kappa shape index (κ2) is 10.1. The number of carbonyl (C=O) groups excluding carboxylic acids is 2. The van der Waals surface area contributed by atoms with E-state index in [1.54, 1.807) is 13.0 Å². The van der Waals surface area contributed by atoms with E-state index in [0.29, 0.717) is 17.9 Å². The Morgan fingerprint density at radius 3 is 2.31 bits per heavy atom. The lowest BCUT2D eigenvalue weighted by Gasteiger charge is -2.18. The molecule has 0 aliphatic heterocycles. The molecule has 0 spiro atoms. The van der Waals surface area contributed by atoms with Crippen molar-refractivity contribution in [1.29, 1.82) is 0 Å². The topological polar surface area (TPSA) is 93.5 Å². The number of ether oxygens (including phenoxy) is 1. The standard InChI is InChI=1S/C22H23N3O4/c1-16-12-19(25-29-16)14-23-21(26)20(13-17-8-4-2-5-9-17)24-22(27)28-15-18-10-6-3-7-11-18/h2-12,20H,13-15H2,1H3,(H,23,26)(H,24,27)/t20-/m0/s1. The number of nitrogens with zero attached hydrogens (tertiary/aromatic N) is 1. The van der Waals surface area contributed by atoms with E-state index in [2.05, 4.69) is 15.8 Å². The highest BCUT2D eigenvalue weighted by molar-refractivity contribution is 5.85. The molecule has 1 heterocycles. The Labute approximate surface area is 169 Å². The summed E-state index contributed by atoms with van der Waals surface area (Å²) in [5, 5.41) is 9.29. The first-order chi connectivity index (χ1) is 14.1. The van der Waals surface area contributed by atoms with Gasteiger partial charge in [0.1, 0.15) is 24.1 Å². The first-order valence-electron chi connectivity index (χ1n) is 9.31. The zero-order chi connectivity index (χ0) is 20.5. The van der Waals surface area contributed by atoms with E-state index in [1.165, 1.54) is 0 Å². The summed E-state index contributed by atoms with van der Waals surface area (Å²) < 4.78 is 10.3. The Hall–Kier alpha value is -3.61. The molecule has 2 N–H and O–H groups in total. The summed E-state index contributed by atoms with van der Waals surface area (Å²) in [5.41, 5.74) is 2.40. The fourth-order valence-electron chi connectivity index (χ4n) is 2.77. The minimum Gasteiger partial charge on any atom is -0.445 e. The van der Waals surface area contributed by atoms with Crippen molar-refractivity contribution < 1.29 is 18.8 Å². The smallest absolute Gasteiger partial charge is 0.408 e. The molecular formula is C22H23N3O4. The minimum absolute atomic E-state index is 0.130. The molecule has 0 bridgehead atoms. The van der Waals surface area contributed by atoms with Gasteiger partial charge in [-0.2, -0.15) is 0 Å². The van der Waals surface area contributed by atoms with Crippen molar-refractivity contribution in [3.63, 3.8) is 0 Å². The van der Waals surface area contributed by atoms with E-state index in [0.717, 1.165) is 11.1 Å². The van der Waals surface area contributed by atoms with Crippen LogP contribution in [0.5, 0.6) is 0 Å². The van der Waals surface area contributed by atoms with Crippen molar-refractivity contribution in [3.8, 4) is 0 Å². The minimum atomic E-state index is -0.784. The molecule has 0 saturated heterocycles. The average molecular weight is 393 g/mol. The summed E-state index contributed by atoms with van der Waals surface area (Å²) in [6.45, 7) is 2.12. The van der Waals surface area contributed by atoms with Gasteiger partial charge in [-0.25, -0.2) is 4.79 Å². The van der Waals surface area contributed by atoms with E-state index in [4.69, 9.17) is 9.26 Å². The van der Waals surface area contributed by atoms with Crippen molar-refractivity contribution >= 4 is 12.0 Å². The van der Waals surface area contributed by atoms with E-state index in [-0.39, 0.29) is 19.1 Å². The fourth-order valence-corrected chi connectivity index (χ4v) is 2.77. The highest BCUT2D eigenvalue weighted by Crippen LogP contribution is 2.06. The van der Waals surface area contributed by atoms with Crippen molar-refractivity contribution in [1.82, 2.24) is 15.8 Å². The Balaban J connectivity index is 1.60. The van der Waals surface area contributed by atoms with Gasteiger partial charge >= 0.3 is 6.09 Å². The number of aryl methyl sites for hydroxylation is 1. The Kier molecular flexibility index (Phi) is 7.00. The summed E-state index contributed by atoms with van der Waals surface area (Å²) in [6, 6.07) is 19.8. The molecule has 0 fully saturated rings. The van der Waals surface area contributed by atoms with Crippen molar-refractivity contribution in [2.75, 3.05) is 0 Å².